The number of hydrogen-bond acceptors (Lipinski definition) is 6. The largest absolute Gasteiger partial charge is 0.419 e. The molecule has 1 aliphatic heterocycles. The molecule has 148 valence electrons. The minimum absolute atomic E-state index is 0.216. The van der Waals surface area contributed by atoms with E-state index in [0.29, 0.717) is 12.2 Å². The summed E-state index contributed by atoms with van der Waals surface area (Å²) in [6.07, 6.45) is 2.96. The number of anilines is 1. The van der Waals surface area contributed by atoms with Crippen LogP contribution >= 0.6 is 0 Å². The van der Waals surface area contributed by atoms with Crippen LogP contribution in [-0.4, -0.2) is 27.5 Å². The normalized spacial score (nSPS) is 15.8. The zero-order chi connectivity index (χ0) is 20.6. The monoisotopic (exact) mass is 395 g/mol. The van der Waals surface area contributed by atoms with Crippen molar-refractivity contribution in [3.63, 3.8) is 0 Å². The van der Waals surface area contributed by atoms with Crippen LogP contribution in [0.3, 0.4) is 0 Å². The zero-order valence-corrected chi connectivity index (χ0v) is 15.8. The van der Waals surface area contributed by atoms with Gasteiger partial charge in [-0.3, -0.25) is 4.68 Å². The highest BCUT2D eigenvalue weighted by Gasteiger charge is 2.38. The van der Waals surface area contributed by atoms with Crippen molar-refractivity contribution in [2.45, 2.75) is 26.2 Å². The highest BCUT2D eigenvalue weighted by molar-refractivity contribution is 6.15. The van der Waals surface area contributed by atoms with Crippen LogP contribution in [0.2, 0.25) is 0 Å². The van der Waals surface area contributed by atoms with E-state index < -0.39 is 17.7 Å². The van der Waals surface area contributed by atoms with E-state index in [-0.39, 0.29) is 11.4 Å². The Morgan fingerprint density at radius 2 is 1.90 bits per heavy atom. The lowest BCUT2D eigenvalue weighted by Crippen LogP contribution is -2.42. The third-order valence-electron chi connectivity index (χ3n) is 4.36. The first-order valence-corrected chi connectivity index (χ1v) is 8.94. The van der Waals surface area contributed by atoms with Crippen molar-refractivity contribution in [3.05, 3.63) is 71.8 Å². The van der Waals surface area contributed by atoms with Gasteiger partial charge in [-0.1, -0.05) is 12.1 Å². The number of benzene rings is 2. The van der Waals surface area contributed by atoms with Gasteiger partial charge in [0.05, 0.1) is 18.3 Å². The summed E-state index contributed by atoms with van der Waals surface area (Å²) >= 11 is 0. The van der Waals surface area contributed by atoms with E-state index in [1.165, 1.54) is 32.2 Å². The van der Waals surface area contributed by atoms with Crippen LogP contribution in [-0.2, 0) is 25.6 Å². The topological polar surface area (TPSA) is 82.5 Å². The van der Waals surface area contributed by atoms with Gasteiger partial charge in [0, 0.05) is 31.1 Å². The van der Waals surface area contributed by atoms with Gasteiger partial charge in [-0.15, -0.1) is 0 Å². The SMILES string of the molecule is CC1(C)OC(=O)C(=CNc2ccc3c(cnn3Cc3cccc(F)c3)c2)C(=O)O1. The number of aromatic nitrogens is 2. The number of carbonyl (C=O) groups excluding carboxylic acids is 2. The second-order valence-corrected chi connectivity index (χ2v) is 7.09. The van der Waals surface area contributed by atoms with Crippen LogP contribution in [0.15, 0.2) is 60.4 Å². The summed E-state index contributed by atoms with van der Waals surface area (Å²) in [5.74, 6) is -3.06. The molecule has 8 heteroatoms. The molecule has 4 rings (SSSR count). The fourth-order valence-electron chi connectivity index (χ4n) is 3.05. The number of esters is 2. The standard InChI is InChI=1S/C21H18FN3O4/c1-21(2)28-19(26)17(20(27)29-21)11-23-16-6-7-18-14(9-16)10-24-25(18)12-13-4-3-5-15(22)8-13/h3-11,23H,12H2,1-2H3. The molecule has 1 aliphatic rings. The van der Waals surface area contributed by atoms with E-state index in [0.717, 1.165) is 16.5 Å². The van der Waals surface area contributed by atoms with E-state index in [1.54, 1.807) is 23.0 Å². The summed E-state index contributed by atoms with van der Waals surface area (Å²) < 4.78 is 25.3. The van der Waals surface area contributed by atoms with Gasteiger partial charge < -0.3 is 14.8 Å². The number of nitrogens with one attached hydrogen (secondary N) is 1. The number of ether oxygens (including phenoxy) is 2. The van der Waals surface area contributed by atoms with Gasteiger partial charge in [0.2, 0.25) is 0 Å². The van der Waals surface area contributed by atoms with E-state index in [1.807, 2.05) is 18.2 Å². The maximum absolute atomic E-state index is 13.4. The molecule has 0 bridgehead atoms. The Morgan fingerprint density at radius 3 is 2.62 bits per heavy atom. The van der Waals surface area contributed by atoms with Gasteiger partial charge in [0.25, 0.3) is 5.79 Å². The summed E-state index contributed by atoms with van der Waals surface area (Å²) in [7, 11) is 0. The number of halogens is 1. The average Bonchev–Trinajstić information content (AvgIpc) is 3.02. The van der Waals surface area contributed by atoms with Gasteiger partial charge >= 0.3 is 11.9 Å². The van der Waals surface area contributed by atoms with E-state index in [9.17, 15) is 14.0 Å². The highest BCUT2D eigenvalue weighted by Crippen LogP contribution is 2.24. The third kappa shape index (κ3) is 3.96. The lowest BCUT2D eigenvalue weighted by molar-refractivity contribution is -0.222. The Balaban J connectivity index is 1.53. The average molecular weight is 395 g/mol. The molecule has 1 saturated heterocycles. The number of cyclic esters (lactones) is 2. The smallest absolute Gasteiger partial charge is 0.350 e. The molecule has 1 N–H and O–H groups in total. The van der Waals surface area contributed by atoms with Crippen molar-refractivity contribution in [1.82, 2.24) is 9.78 Å². The summed E-state index contributed by atoms with van der Waals surface area (Å²) in [4.78, 5) is 24.0. The quantitative estimate of drug-likeness (QED) is 0.414. The highest BCUT2D eigenvalue weighted by atomic mass is 19.1. The number of carbonyl (C=O) groups is 2. The summed E-state index contributed by atoms with van der Waals surface area (Å²) in [6.45, 7) is 3.41. The van der Waals surface area contributed by atoms with Gasteiger partial charge in [-0.2, -0.15) is 5.10 Å². The van der Waals surface area contributed by atoms with Crippen molar-refractivity contribution >= 4 is 28.5 Å². The molecule has 1 aromatic heterocycles. The number of nitrogens with zero attached hydrogens (tertiary/aromatic N) is 2. The zero-order valence-electron chi connectivity index (χ0n) is 15.8. The first-order chi connectivity index (χ1) is 13.8. The molecular formula is C21H18FN3O4. The Kier molecular flexibility index (Phi) is 4.54. The number of fused-ring (bicyclic) bond motifs is 1. The van der Waals surface area contributed by atoms with Crippen molar-refractivity contribution in [2.75, 3.05) is 5.32 Å². The molecule has 0 spiro atoms. The molecule has 2 aromatic carbocycles. The second kappa shape index (κ2) is 7.05. The van der Waals surface area contributed by atoms with Gasteiger partial charge in [-0.05, 0) is 35.9 Å². The van der Waals surface area contributed by atoms with Crippen molar-refractivity contribution in [3.8, 4) is 0 Å². The summed E-state index contributed by atoms with van der Waals surface area (Å²) in [5, 5.41) is 8.11. The first kappa shape index (κ1) is 18.7. The minimum Gasteiger partial charge on any atom is -0.419 e. The fraction of sp³-hybridized carbons (Fsp3) is 0.190. The van der Waals surface area contributed by atoms with Crippen LogP contribution < -0.4 is 5.32 Å². The van der Waals surface area contributed by atoms with Gasteiger partial charge in [0.1, 0.15) is 5.82 Å². The summed E-state index contributed by atoms with van der Waals surface area (Å²) in [5.41, 5.74) is 2.11. The van der Waals surface area contributed by atoms with Crippen LogP contribution in [0.1, 0.15) is 19.4 Å². The van der Waals surface area contributed by atoms with E-state index in [4.69, 9.17) is 9.47 Å². The summed E-state index contributed by atoms with van der Waals surface area (Å²) in [6, 6.07) is 11.8. The molecule has 0 atom stereocenters. The minimum atomic E-state index is -1.28. The molecule has 3 aromatic rings. The first-order valence-electron chi connectivity index (χ1n) is 8.94. The van der Waals surface area contributed by atoms with Crippen LogP contribution in [0, 0.1) is 5.82 Å². The fourth-order valence-corrected chi connectivity index (χ4v) is 3.05. The third-order valence-corrected chi connectivity index (χ3v) is 4.36. The Morgan fingerprint density at radius 1 is 1.14 bits per heavy atom. The second-order valence-electron chi connectivity index (χ2n) is 7.09. The van der Waals surface area contributed by atoms with E-state index >= 15 is 0 Å². The van der Waals surface area contributed by atoms with Crippen LogP contribution in [0.4, 0.5) is 10.1 Å². The molecule has 0 saturated carbocycles. The maximum atomic E-state index is 13.4. The number of hydrogen-bond donors (Lipinski definition) is 1. The van der Waals surface area contributed by atoms with Crippen LogP contribution in [0.25, 0.3) is 10.9 Å². The Hall–Kier alpha value is -3.68. The van der Waals surface area contributed by atoms with Gasteiger partial charge in [0.15, 0.2) is 5.57 Å². The molecule has 1 fully saturated rings. The molecule has 7 nitrogen and oxygen atoms in total. The van der Waals surface area contributed by atoms with Crippen molar-refractivity contribution in [2.24, 2.45) is 0 Å². The number of rotatable bonds is 4. The Labute approximate surface area is 165 Å². The van der Waals surface area contributed by atoms with Crippen LogP contribution in [0.5, 0.6) is 0 Å². The Bertz CT molecular complexity index is 1130. The van der Waals surface area contributed by atoms with Gasteiger partial charge in [-0.25, -0.2) is 14.0 Å². The maximum Gasteiger partial charge on any atom is 0.350 e. The van der Waals surface area contributed by atoms with Crippen molar-refractivity contribution in [1.29, 1.82) is 0 Å². The van der Waals surface area contributed by atoms with Crippen molar-refractivity contribution < 1.29 is 23.5 Å². The molecule has 0 radical (unpaired) electrons. The molecule has 0 unspecified atom stereocenters. The lowest BCUT2D eigenvalue weighted by atomic mass is 10.2. The molecule has 2 heterocycles. The molecular weight excluding hydrogens is 377 g/mol. The van der Waals surface area contributed by atoms with E-state index in [2.05, 4.69) is 10.4 Å². The lowest BCUT2D eigenvalue weighted by Gasteiger charge is -2.29. The molecule has 29 heavy (non-hydrogen) atoms. The molecule has 0 amide bonds. The predicted octanol–water partition coefficient (Wildman–Crippen LogP) is 3.36. The predicted molar refractivity (Wildman–Crippen MR) is 103 cm³/mol. The molecule has 0 aliphatic carbocycles.